The Labute approximate surface area is 114 Å². The van der Waals surface area contributed by atoms with Gasteiger partial charge in [0.05, 0.1) is 6.54 Å². The zero-order valence-corrected chi connectivity index (χ0v) is 12.1. The summed E-state index contributed by atoms with van der Waals surface area (Å²) in [5, 5.41) is 4.95. The Hall–Kier alpha value is -0.390. The van der Waals surface area contributed by atoms with Crippen LogP contribution in [0.4, 0.5) is 0 Å². The first-order valence-electron chi connectivity index (χ1n) is 5.86. The molecule has 0 aliphatic heterocycles. The maximum atomic E-state index is 11.8. The van der Waals surface area contributed by atoms with Gasteiger partial charge in [0, 0.05) is 21.3 Å². The van der Waals surface area contributed by atoms with E-state index in [1.165, 1.54) is 0 Å². The minimum absolute atomic E-state index is 0.0645. The second kappa shape index (κ2) is 5.50. The van der Waals surface area contributed by atoms with Crippen molar-refractivity contribution in [2.75, 3.05) is 0 Å². The van der Waals surface area contributed by atoms with Gasteiger partial charge in [-0.3, -0.25) is 4.79 Å². The highest BCUT2D eigenvalue weighted by Gasteiger charge is 2.31. The lowest BCUT2D eigenvalue weighted by molar-refractivity contribution is -0.122. The average molecular weight is 317 g/mol. The minimum atomic E-state index is -0.253. The zero-order valence-electron chi connectivity index (χ0n) is 9.67. The number of carbonyl (C=O) groups is 1. The van der Waals surface area contributed by atoms with Crippen molar-refractivity contribution >= 4 is 33.2 Å². The maximum absolute atomic E-state index is 11.8. The van der Waals surface area contributed by atoms with Crippen LogP contribution in [0.1, 0.15) is 37.0 Å². The number of nitrogens with one attached hydrogen (secondary N) is 1. The summed E-state index contributed by atoms with van der Waals surface area (Å²) in [6, 6.07) is 1.99. The summed E-state index contributed by atoms with van der Waals surface area (Å²) >= 11 is 5.09. The van der Waals surface area contributed by atoms with Gasteiger partial charge in [0.2, 0.25) is 5.91 Å². The molecule has 1 aromatic rings. The molecule has 0 aromatic carbocycles. The Balaban J connectivity index is 1.80. The van der Waals surface area contributed by atoms with Crippen molar-refractivity contribution in [3.8, 4) is 0 Å². The first kappa shape index (κ1) is 13.1. The van der Waals surface area contributed by atoms with Gasteiger partial charge in [-0.05, 0) is 40.2 Å². The van der Waals surface area contributed by atoms with Crippen LogP contribution < -0.4 is 11.1 Å². The molecule has 1 saturated carbocycles. The first-order valence-corrected chi connectivity index (χ1v) is 7.54. The van der Waals surface area contributed by atoms with Crippen LogP contribution in [0, 0.1) is 0 Å². The number of amides is 1. The van der Waals surface area contributed by atoms with Gasteiger partial charge in [0.25, 0.3) is 0 Å². The van der Waals surface area contributed by atoms with Crippen LogP contribution in [0.5, 0.6) is 0 Å². The van der Waals surface area contributed by atoms with E-state index in [-0.39, 0.29) is 11.4 Å². The molecule has 0 spiro atoms. The Morgan fingerprint density at radius 3 is 2.82 bits per heavy atom. The van der Waals surface area contributed by atoms with E-state index in [9.17, 15) is 4.79 Å². The molecule has 1 aliphatic carbocycles. The standard InChI is InChI=1S/C12H17BrN2OS/c13-9-3-6-17-10(9)8-15-11(16)7-12(14)4-1-2-5-12/h3,6H,1-2,4-5,7-8,14H2,(H,15,16). The number of nitrogens with two attached hydrogens (primary N) is 1. The van der Waals surface area contributed by atoms with Crippen LogP contribution in [0.2, 0.25) is 0 Å². The summed E-state index contributed by atoms with van der Waals surface area (Å²) in [6.45, 7) is 0.590. The second-order valence-electron chi connectivity index (χ2n) is 4.71. The van der Waals surface area contributed by atoms with Gasteiger partial charge < -0.3 is 11.1 Å². The summed E-state index contributed by atoms with van der Waals surface area (Å²) in [5.41, 5.74) is 5.92. The highest BCUT2D eigenvalue weighted by molar-refractivity contribution is 9.10. The summed E-state index contributed by atoms with van der Waals surface area (Å²) in [4.78, 5) is 13.0. The van der Waals surface area contributed by atoms with Gasteiger partial charge in [0.15, 0.2) is 0 Å². The number of hydrogen-bond donors (Lipinski definition) is 2. The largest absolute Gasteiger partial charge is 0.351 e. The molecule has 1 aromatic heterocycles. The predicted molar refractivity (Wildman–Crippen MR) is 73.9 cm³/mol. The van der Waals surface area contributed by atoms with Crippen molar-refractivity contribution < 1.29 is 4.79 Å². The van der Waals surface area contributed by atoms with Crippen molar-refractivity contribution in [3.63, 3.8) is 0 Å². The monoisotopic (exact) mass is 316 g/mol. The molecule has 0 unspecified atom stereocenters. The number of rotatable bonds is 4. The SMILES string of the molecule is NC1(CC(=O)NCc2sccc2Br)CCCC1. The Kier molecular flexibility index (Phi) is 4.22. The highest BCUT2D eigenvalue weighted by atomic mass is 79.9. The number of thiophene rings is 1. The van der Waals surface area contributed by atoms with Gasteiger partial charge >= 0.3 is 0 Å². The third kappa shape index (κ3) is 3.53. The van der Waals surface area contributed by atoms with Crippen molar-refractivity contribution in [1.82, 2.24) is 5.32 Å². The van der Waals surface area contributed by atoms with E-state index >= 15 is 0 Å². The van der Waals surface area contributed by atoms with E-state index in [2.05, 4.69) is 21.2 Å². The third-order valence-corrected chi connectivity index (χ3v) is 5.18. The van der Waals surface area contributed by atoms with Crippen LogP contribution >= 0.6 is 27.3 Å². The molecule has 2 rings (SSSR count). The maximum Gasteiger partial charge on any atom is 0.222 e. The molecule has 5 heteroatoms. The fourth-order valence-electron chi connectivity index (χ4n) is 2.27. The van der Waals surface area contributed by atoms with Crippen LogP contribution in [0.15, 0.2) is 15.9 Å². The molecule has 3 N–H and O–H groups in total. The fraction of sp³-hybridized carbons (Fsp3) is 0.583. The second-order valence-corrected chi connectivity index (χ2v) is 6.57. The summed E-state index contributed by atoms with van der Waals surface area (Å²) in [5.74, 6) is 0.0645. The number of carbonyl (C=O) groups excluding carboxylic acids is 1. The smallest absolute Gasteiger partial charge is 0.222 e. The van der Waals surface area contributed by atoms with Gasteiger partial charge in [-0.25, -0.2) is 0 Å². The van der Waals surface area contributed by atoms with Gasteiger partial charge in [-0.2, -0.15) is 0 Å². The normalized spacial score (nSPS) is 18.2. The summed E-state index contributed by atoms with van der Waals surface area (Å²) < 4.78 is 1.06. The van der Waals surface area contributed by atoms with E-state index in [0.717, 1.165) is 35.0 Å². The topological polar surface area (TPSA) is 55.1 Å². The van der Waals surface area contributed by atoms with E-state index in [1.807, 2.05) is 11.4 Å². The van der Waals surface area contributed by atoms with Crippen molar-refractivity contribution in [2.24, 2.45) is 5.73 Å². The number of hydrogen-bond acceptors (Lipinski definition) is 3. The summed E-state index contributed by atoms with van der Waals surface area (Å²) in [6.07, 6.45) is 4.71. The van der Waals surface area contributed by atoms with Crippen LogP contribution in [-0.2, 0) is 11.3 Å². The third-order valence-electron chi connectivity index (χ3n) is 3.25. The van der Waals surface area contributed by atoms with Crippen LogP contribution in [0.25, 0.3) is 0 Å². The Bertz CT molecular complexity index is 399. The zero-order chi connectivity index (χ0) is 12.3. The molecule has 0 atom stereocenters. The average Bonchev–Trinajstić information content (AvgIpc) is 2.85. The lowest BCUT2D eigenvalue weighted by atomic mass is 9.94. The Morgan fingerprint density at radius 1 is 1.53 bits per heavy atom. The molecule has 1 amide bonds. The van der Waals surface area contributed by atoms with Gasteiger partial charge in [-0.1, -0.05) is 12.8 Å². The molecule has 0 radical (unpaired) electrons. The molecule has 3 nitrogen and oxygen atoms in total. The number of halogens is 1. The predicted octanol–water partition coefficient (Wildman–Crippen LogP) is 2.79. The van der Waals surface area contributed by atoms with Crippen molar-refractivity contribution in [1.29, 1.82) is 0 Å². The highest BCUT2D eigenvalue weighted by Crippen LogP contribution is 2.30. The molecule has 0 saturated heterocycles. The molecule has 1 heterocycles. The first-order chi connectivity index (χ1) is 8.09. The van der Waals surface area contributed by atoms with Crippen LogP contribution in [0.3, 0.4) is 0 Å². The van der Waals surface area contributed by atoms with Crippen molar-refractivity contribution in [2.45, 2.75) is 44.2 Å². The van der Waals surface area contributed by atoms with E-state index in [4.69, 9.17) is 5.73 Å². The molecule has 1 fully saturated rings. The van der Waals surface area contributed by atoms with E-state index < -0.39 is 0 Å². The van der Waals surface area contributed by atoms with Gasteiger partial charge in [-0.15, -0.1) is 11.3 Å². The van der Waals surface area contributed by atoms with E-state index in [1.54, 1.807) is 11.3 Å². The molecular weight excluding hydrogens is 300 g/mol. The molecular formula is C12H17BrN2OS. The fourth-order valence-corrected chi connectivity index (χ4v) is 3.70. The summed E-state index contributed by atoms with van der Waals surface area (Å²) in [7, 11) is 0. The molecule has 0 bridgehead atoms. The quantitative estimate of drug-likeness (QED) is 0.897. The molecule has 1 aliphatic rings. The van der Waals surface area contributed by atoms with Crippen LogP contribution in [-0.4, -0.2) is 11.4 Å². The lowest BCUT2D eigenvalue weighted by Gasteiger charge is -2.22. The van der Waals surface area contributed by atoms with Gasteiger partial charge in [0.1, 0.15) is 0 Å². The Morgan fingerprint density at radius 2 is 2.24 bits per heavy atom. The molecule has 17 heavy (non-hydrogen) atoms. The molecule has 94 valence electrons. The van der Waals surface area contributed by atoms with Crippen molar-refractivity contribution in [3.05, 3.63) is 20.8 Å². The van der Waals surface area contributed by atoms with E-state index in [0.29, 0.717) is 13.0 Å². The minimum Gasteiger partial charge on any atom is -0.351 e. The lowest BCUT2D eigenvalue weighted by Crippen LogP contribution is -2.41.